The Bertz CT molecular complexity index is 738. The van der Waals surface area contributed by atoms with Crippen LogP contribution in [0.25, 0.3) is 0 Å². The molecule has 0 saturated carbocycles. The van der Waals surface area contributed by atoms with Crippen LogP contribution in [0.15, 0.2) is 91.0 Å². The molecule has 0 radical (unpaired) electrons. The van der Waals surface area contributed by atoms with Gasteiger partial charge in [-0.15, -0.1) is 0 Å². The minimum Gasteiger partial charge on any atom is -0.443 e. The quantitative estimate of drug-likeness (QED) is 0.531. The van der Waals surface area contributed by atoms with Crippen molar-refractivity contribution in [2.24, 2.45) is 5.73 Å². The lowest BCUT2D eigenvalue weighted by atomic mass is 9.80. The largest absolute Gasteiger partial charge is 0.443 e. The molecule has 0 aromatic heterocycles. The Kier molecular flexibility index (Phi) is 5.46. The summed E-state index contributed by atoms with van der Waals surface area (Å²) in [6.45, 7) is -0.479. The molecule has 0 fully saturated rings. The molecule has 132 valence electrons. The molecule has 0 amide bonds. The van der Waals surface area contributed by atoms with Gasteiger partial charge in [-0.3, -0.25) is 4.79 Å². The van der Waals surface area contributed by atoms with Crippen LogP contribution in [0.2, 0.25) is 0 Å². The molecule has 26 heavy (non-hydrogen) atoms. The van der Waals surface area contributed by atoms with Crippen molar-refractivity contribution < 1.29 is 14.6 Å². The summed E-state index contributed by atoms with van der Waals surface area (Å²) in [5.41, 5.74) is 6.98. The predicted molar refractivity (Wildman–Crippen MR) is 100 cm³/mol. The first-order valence-electron chi connectivity index (χ1n) is 8.44. The maximum Gasteiger partial charge on any atom is 0.326 e. The first kappa shape index (κ1) is 17.9. The maximum absolute atomic E-state index is 12.6. The van der Waals surface area contributed by atoms with Gasteiger partial charge in [-0.2, -0.15) is 0 Å². The number of rotatable bonds is 6. The zero-order chi connectivity index (χ0) is 18.4. The van der Waals surface area contributed by atoms with Crippen LogP contribution in [-0.4, -0.2) is 23.7 Å². The van der Waals surface area contributed by atoms with Gasteiger partial charge < -0.3 is 15.6 Å². The molecule has 0 aliphatic carbocycles. The van der Waals surface area contributed by atoms with Crippen LogP contribution in [0.5, 0.6) is 0 Å². The summed E-state index contributed by atoms with van der Waals surface area (Å²) in [7, 11) is 0. The molecule has 3 N–H and O–H groups in total. The lowest BCUT2D eigenvalue weighted by molar-refractivity contribution is -0.156. The van der Waals surface area contributed by atoms with Crippen molar-refractivity contribution in [2.75, 3.05) is 6.61 Å². The van der Waals surface area contributed by atoms with Crippen molar-refractivity contribution in [3.8, 4) is 0 Å². The van der Waals surface area contributed by atoms with Gasteiger partial charge in [0.2, 0.25) is 0 Å². The monoisotopic (exact) mass is 347 g/mol. The Labute approximate surface area is 152 Å². The molecule has 0 saturated heterocycles. The number of hydrogen-bond acceptors (Lipinski definition) is 4. The number of carbonyl (C=O) groups excluding carboxylic acids is 1. The van der Waals surface area contributed by atoms with E-state index >= 15 is 0 Å². The van der Waals surface area contributed by atoms with E-state index in [9.17, 15) is 9.90 Å². The molecule has 1 atom stereocenters. The van der Waals surface area contributed by atoms with Crippen molar-refractivity contribution >= 4 is 5.97 Å². The van der Waals surface area contributed by atoms with Crippen molar-refractivity contribution in [1.82, 2.24) is 0 Å². The Morgan fingerprint density at radius 3 is 1.46 bits per heavy atom. The minimum absolute atomic E-state index is 0.479. The van der Waals surface area contributed by atoms with E-state index in [0.29, 0.717) is 0 Å². The Balaban J connectivity index is 2.26. The second-order valence-electron chi connectivity index (χ2n) is 5.99. The van der Waals surface area contributed by atoms with E-state index in [1.54, 1.807) is 0 Å². The molecule has 3 aromatic carbocycles. The third-order valence-corrected chi connectivity index (χ3v) is 4.29. The third-order valence-electron chi connectivity index (χ3n) is 4.29. The summed E-state index contributed by atoms with van der Waals surface area (Å²) >= 11 is 0. The van der Waals surface area contributed by atoms with Crippen LogP contribution >= 0.6 is 0 Å². The zero-order valence-corrected chi connectivity index (χ0v) is 14.3. The molecule has 4 heteroatoms. The fourth-order valence-electron chi connectivity index (χ4n) is 3.00. The number of esters is 1. The van der Waals surface area contributed by atoms with Gasteiger partial charge in [0.05, 0.1) is 6.61 Å². The van der Waals surface area contributed by atoms with Gasteiger partial charge in [0.25, 0.3) is 0 Å². The molecule has 0 aliphatic heterocycles. The Hall–Kier alpha value is -2.95. The molecule has 0 bridgehead atoms. The fraction of sp³-hybridized carbons (Fsp3) is 0.136. The van der Waals surface area contributed by atoms with Crippen LogP contribution in [0, 0.1) is 0 Å². The molecule has 4 nitrogen and oxygen atoms in total. The van der Waals surface area contributed by atoms with Crippen LogP contribution in [0.1, 0.15) is 16.7 Å². The standard InChI is InChI=1S/C22H21NO3/c23-20(16-24)21(25)26-22(17-10-4-1-5-11-17,18-12-6-2-7-13-18)19-14-8-3-9-15-19/h1-15,20,24H,16,23H2/t20-/m0/s1. The molecule has 0 heterocycles. The minimum atomic E-state index is -1.16. The van der Waals surface area contributed by atoms with E-state index < -0.39 is 24.2 Å². The summed E-state index contributed by atoms with van der Waals surface area (Å²) in [6.07, 6.45) is 0. The highest BCUT2D eigenvalue weighted by molar-refractivity contribution is 5.77. The van der Waals surface area contributed by atoms with Gasteiger partial charge in [-0.25, -0.2) is 0 Å². The highest BCUT2D eigenvalue weighted by atomic mass is 16.6. The Morgan fingerprint density at radius 1 is 0.808 bits per heavy atom. The fourth-order valence-corrected chi connectivity index (χ4v) is 3.00. The number of carbonyl (C=O) groups is 1. The number of aliphatic hydroxyl groups is 1. The number of benzene rings is 3. The van der Waals surface area contributed by atoms with Crippen molar-refractivity contribution in [2.45, 2.75) is 11.6 Å². The van der Waals surface area contributed by atoms with E-state index in [-0.39, 0.29) is 0 Å². The number of hydrogen-bond donors (Lipinski definition) is 2. The zero-order valence-electron chi connectivity index (χ0n) is 14.3. The van der Waals surface area contributed by atoms with E-state index in [1.165, 1.54) is 0 Å². The highest BCUT2D eigenvalue weighted by Crippen LogP contribution is 2.40. The predicted octanol–water partition coefficient (Wildman–Crippen LogP) is 2.84. The second-order valence-corrected chi connectivity index (χ2v) is 5.99. The summed E-state index contributed by atoms with van der Waals surface area (Å²) in [5.74, 6) is -0.663. The van der Waals surface area contributed by atoms with Gasteiger partial charge in [-0.05, 0) is 0 Å². The smallest absolute Gasteiger partial charge is 0.326 e. The van der Waals surface area contributed by atoms with Crippen molar-refractivity contribution in [3.63, 3.8) is 0 Å². The number of nitrogens with two attached hydrogens (primary N) is 1. The topological polar surface area (TPSA) is 72.5 Å². The highest BCUT2D eigenvalue weighted by Gasteiger charge is 2.41. The summed E-state index contributed by atoms with van der Waals surface area (Å²) < 4.78 is 6.03. The molecular formula is C22H21NO3. The lowest BCUT2D eigenvalue weighted by Crippen LogP contribution is -2.43. The number of aliphatic hydroxyl groups excluding tert-OH is 1. The first-order chi connectivity index (χ1) is 12.7. The van der Waals surface area contributed by atoms with Gasteiger partial charge in [-0.1, -0.05) is 91.0 Å². The van der Waals surface area contributed by atoms with Crippen LogP contribution < -0.4 is 5.73 Å². The van der Waals surface area contributed by atoms with Gasteiger partial charge in [0.15, 0.2) is 5.60 Å². The molecule has 3 aromatic rings. The summed E-state index contributed by atoms with van der Waals surface area (Å²) in [4.78, 5) is 12.6. The first-order valence-corrected chi connectivity index (χ1v) is 8.44. The van der Waals surface area contributed by atoms with Gasteiger partial charge in [0, 0.05) is 16.7 Å². The molecule has 3 rings (SSSR count). The van der Waals surface area contributed by atoms with Gasteiger partial charge >= 0.3 is 5.97 Å². The molecule has 0 spiro atoms. The Morgan fingerprint density at radius 2 is 1.15 bits per heavy atom. The van der Waals surface area contributed by atoms with Crippen LogP contribution in [0.4, 0.5) is 0 Å². The molecular weight excluding hydrogens is 326 g/mol. The summed E-state index contributed by atoms with van der Waals surface area (Å²) in [5, 5.41) is 9.29. The van der Waals surface area contributed by atoms with E-state index in [2.05, 4.69) is 0 Å². The lowest BCUT2D eigenvalue weighted by Gasteiger charge is -2.36. The number of ether oxygens (including phenoxy) is 1. The van der Waals surface area contributed by atoms with E-state index in [1.807, 2.05) is 91.0 Å². The van der Waals surface area contributed by atoms with E-state index in [4.69, 9.17) is 10.5 Å². The summed E-state index contributed by atoms with van der Waals surface area (Å²) in [6, 6.07) is 27.5. The SMILES string of the molecule is N[C@@H](CO)C(=O)OC(c1ccccc1)(c1ccccc1)c1ccccc1. The molecule has 0 unspecified atom stereocenters. The van der Waals surface area contributed by atoms with Crippen molar-refractivity contribution in [3.05, 3.63) is 108 Å². The van der Waals surface area contributed by atoms with Gasteiger partial charge in [0.1, 0.15) is 6.04 Å². The van der Waals surface area contributed by atoms with E-state index in [0.717, 1.165) is 16.7 Å². The van der Waals surface area contributed by atoms with Crippen LogP contribution in [-0.2, 0) is 15.1 Å². The molecule has 0 aliphatic rings. The average molecular weight is 347 g/mol. The van der Waals surface area contributed by atoms with Crippen LogP contribution in [0.3, 0.4) is 0 Å². The maximum atomic E-state index is 12.6. The third kappa shape index (κ3) is 3.38. The average Bonchev–Trinajstić information content (AvgIpc) is 2.73. The second kappa shape index (κ2) is 7.95. The normalized spacial score (nSPS) is 12.4. The van der Waals surface area contributed by atoms with Crippen molar-refractivity contribution in [1.29, 1.82) is 0 Å².